The Morgan fingerprint density at radius 1 is 1.18 bits per heavy atom. The average Bonchev–Trinajstić information content (AvgIpc) is 3.00. The van der Waals surface area contributed by atoms with Crippen molar-refractivity contribution < 1.29 is 0 Å². The van der Waals surface area contributed by atoms with Gasteiger partial charge in [-0.1, -0.05) is 28.1 Å². The van der Waals surface area contributed by atoms with Gasteiger partial charge in [0.1, 0.15) is 6.33 Å². The van der Waals surface area contributed by atoms with Crippen LogP contribution in [-0.2, 0) is 0 Å². The van der Waals surface area contributed by atoms with Gasteiger partial charge in [-0.25, -0.2) is 9.97 Å². The van der Waals surface area contributed by atoms with Crippen molar-refractivity contribution in [3.05, 3.63) is 52.8 Å². The van der Waals surface area contributed by atoms with E-state index in [9.17, 15) is 0 Å². The third-order valence-electron chi connectivity index (χ3n) is 2.36. The molecule has 84 valence electrons. The largest absolute Gasteiger partial charge is 0.282 e. The topological polar surface area (TPSA) is 30.7 Å². The number of thiazole rings is 1. The standard InChI is InChI=1S/C12H8BrN3S/c13-10-3-1-9(2-4-10)11-7-17-12(15-11)16-6-5-14-8-16/h1-8H. The quantitative estimate of drug-likeness (QED) is 0.722. The molecule has 0 radical (unpaired) electrons. The minimum atomic E-state index is 0.931. The minimum Gasteiger partial charge on any atom is -0.282 e. The van der Waals surface area contributed by atoms with Gasteiger partial charge < -0.3 is 0 Å². The second-order valence-corrected chi connectivity index (χ2v) is 5.24. The molecule has 17 heavy (non-hydrogen) atoms. The summed E-state index contributed by atoms with van der Waals surface area (Å²) in [5.74, 6) is 0. The molecule has 0 N–H and O–H groups in total. The highest BCUT2D eigenvalue weighted by Crippen LogP contribution is 2.25. The van der Waals surface area contributed by atoms with E-state index in [4.69, 9.17) is 0 Å². The number of nitrogens with zero attached hydrogens (tertiary/aromatic N) is 3. The molecule has 0 atom stereocenters. The van der Waals surface area contributed by atoms with Gasteiger partial charge in [0.25, 0.3) is 0 Å². The van der Waals surface area contributed by atoms with E-state index in [1.54, 1.807) is 23.9 Å². The monoisotopic (exact) mass is 305 g/mol. The zero-order valence-corrected chi connectivity index (χ0v) is 11.1. The Morgan fingerprint density at radius 3 is 2.71 bits per heavy atom. The van der Waals surface area contributed by atoms with E-state index in [2.05, 4.69) is 43.4 Å². The Morgan fingerprint density at radius 2 is 2.00 bits per heavy atom. The van der Waals surface area contributed by atoms with Gasteiger partial charge in [0.05, 0.1) is 5.69 Å². The Labute approximate surface area is 111 Å². The van der Waals surface area contributed by atoms with Crippen LogP contribution >= 0.6 is 27.3 Å². The SMILES string of the molecule is Brc1ccc(-c2csc(-n3ccnc3)n2)cc1. The van der Waals surface area contributed by atoms with Crippen LogP contribution in [0.4, 0.5) is 0 Å². The number of hydrogen-bond acceptors (Lipinski definition) is 3. The van der Waals surface area contributed by atoms with Gasteiger partial charge in [0.2, 0.25) is 0 Å². The zero-order chi connectivity index (χ0) is 11.7. The summed E-state index contributed by atoms with van der Waals surface area (Å²) in [6, 6.07) is 8.14. The molecule has 3 nitrogen and oxygen atoms in total. The van der Waals surface area contributed by atoms with E-state index in [-0.39, 0.29) is 0 Å². The van der Waals surface area contributed by atoms with Crippen LogP contribution in [0.2, 0.25) is 0 Å². The van der Waals surface area contributed by atoms with Crippen LogP contribution in [0.3, 0.4) is 0 Å². The molecule has 0 aliphatic rings. The van der Waals surface area contributed by atoms with Crippen molar-refractivity contribution in [3.8, 4) is 16.4 Å². The summed E-state index contributed by atoms with van der Waals surface area (Å²) < 4.78 is 2.99. The molecule has 0 bridgehead atoms. The lowest BCUT2D eigenvalue weighted by molar-refractivity contribution is 1.03. The van der Waals surface area contributed by atoms with E-state index < -0.39 is 0 Å². The van der Waals surface area contributed by atoms with Crippen LogP contribution in [0, 0.1) is 0 Å². The fraction of sp³-hybridized carbons (Fsp3) is 0. The van der Waals surface area contributed by atoms with Crippen molar-refractivity contribution in [2.45, 2.75) is 0 Å². The van der Waals surface area contributed by atoms with Crippen LogP contribution in [-0.4, -0.2) is 14.5 Å². The second-order valence-electron chi connectivity index (χ2n) is 3.49. The maximum absolute atomic E-state index is 4.58. The smallest absolute Gasteiger partial charge is 0.195 e. The molecule has 0 aliphatic heterocycles. The molecule has 1 aromatic carbocycles. The number of benzene rings is 1. The first kappa shape index (κ1) is 10.7. The fourth-order valence-electron chi connectivity index (χ4n) is 1.51. The Balaban J connectivity index is 1.98. The highest BCUT2D eigenvalue weighted by molar-refractivity contribution is 9.10. The third kappa shape index (κ3) is 2.16. The predicted molar refractivity (Wildman–Crippen MR) is 72.4 cm³/mol. The molecule has 2 aromatic heterocycles. The van der Waals surface area contributed by atoms with Crippen molar-refractivity contribution in [1.82, 2.24) is 14.5 Å². The maximum Gasteiger partial charge on any atom is 0.195 e. The summed E-state index contributed by atoms with van der Waals surface area (Å²) in [5, 5.41) is 2.99. The predicted octanol–water partition coefficient (Wildman–Crippen LogP) is 3.76. The second kappa shape index (κ2) is 4.43. The third-order valence-corrected chi connectivity index (χ3v) is 3.74. The van der Waals surface area contributed by atoms with Gasteiger partial charge in [-0.2, -0.15) is 0 Å². The van der Waals surface area contributed by atoms with E-state index in [0.29, 0.717) is 0 Å². The molecule has 0 amide bonds. The Bertz CT molecular complexity index is 614. The summed E-state index contributed by atoms with van der Waals surface area (Å²) >= 11 is 5.03. The van der Waals surface area contributed by atoms with E-state index >= 15 is 0 Å². The summed E-state index contributed by atoms with van der Waals surface area (Å²) in [5.41, 5.74) is 2.11. The lowest BCUT2D eigenvalue weighted by Gasteiger charge is -1.96. The summed E-state index contributed by atoms with van der Waals surface area (Å²) in [6.07, 6.45) is 5.40. The van der Waals surface area contributed by atoms with Crippen molar-refractivity contribution in [2.75, 3.05) is 0 Å². The molecule has 0 saturated carbocycles. The van der Waals surface area contributed by atoms with Crippen molar-refractivity contribution in [2.24, 2.45) is 0 Å². The Hall–Kier alpha value is -1.46. The summed E-state index contributed by atoms with van der Waals surface area (Å²) in [6.45, 7) is 0. The number of rotatable bonds is 2. The lowest BCUT2D eigenvalue weighted by atomic mass is 10.2. The van der Waals surface area contributed by atoms with Gasteiger partial charge in [0, 0.05) is 27.8 Å². The van der Waals surface area contributed by atoms with E-state index in [0.717, 1.165) is 20.9 Å². The summed E-state index contributed by atoms with van der Waals surface area (Å²) in [7, 11) is 0. The molecule has 5 heteroatoms. The van der Waals surface area contributed by atoms with Crippen LogP contribution < -0.4 is 0 Å². The number of imidazole rings is 1. The van der Waals surface area contributed by atoms with Crippen molar-refractivity contribution >= 4 is 27.3 Å². The normalized spacial score (nSPS) is 10.6. The van der Waals surface area contributed by atoms with Gasteiger partial charge in [0.15, 0.2) is 5.13 Å². The number of aromatic nitrogens is 3. The number of hydrogen-bond donors (Lipinski definition) is 0. The van der Waals surface area contributed by atoms with Crippen LogP contribution in [0.5, 0.6) is 0 Å². The van der Waals surface area contributed by atoms with Crippen LogP contribution in [0.15, 0.2) is 52.8 Å². The van der Waals surface area contributed by atoms with Gasteiger partial charge in [-0.15, -0.1) is 11.3 Å². The molecule has 0 saturated heterocycles. The van der Waals surface area contributed by atoms with Crippen LogP contribution in [0.1, 0.15) is 0 Å². The first-order chi connectivity index (χ1) is 8.33. The molecule has 0 fully saturated rings. The van der Waals surface area contributed by atoms with E-state index in [1.807, 2.05) is 22.9 Å². The first-order valence-corrected chi connectivity index (χ1v) is 6.70. The van der Waals surface area contributed by atoms with Crippen molar-refractivity contribution in [1.29, 1.82) is 0 Å². The van der Waals surface area contributed by atoms with Gasteiger partial charge >= 0.3 is 0 Å². The average molecular weight is 306 g/mol. The molecule has 0 aliphatic carbocycles. The highest BCUT2D eigenvalue weighted by Gasteiger charge is 2.05. The maximum atomic E-state index is 4.58. The molecule has 0 spiro atoms. The van der Waals surface area contributed by atoms with Crippen LogP contribution in [0.25, 0.3) is 16.4 Å². The molecule has 0 unspecified atom stereocenters. The fourth-order valence-corrected chi connectivity index (χ4v) is 2.56. The lowest BCUT2D eigenvalue weighted by Crippen LogP contribution is -1.88. The molecule has 2 heterocycles. The van der Waals surface area contributed by atoms with Crippen molar-refractivity contribution in [3.63, 3.8) is 0 Å². The molecular weight excluding hydrogens is 298 g/mol. The molecule has 3 rings (SSSR count). The highest BCUT2D eigenvalue weighted by atomic mass is 79.9. The summed E-state index contributed by atoms with van der Waals surface area (Å²) in [4.78, 5) is 8.59. The minimum absolute atomic E-state index is 0.931. The molecule has 3 aromatic rings. The number of halogens is 1. The first-order valence-electron chi connectivity index (χ1n) is 5.03. The van der Waals surface area contributed by atoms with Gasteiger partial charge in [-0.05, 0) is 12.1 Å². The van der Waals surface area contributed by atoms with Gasteiger partial charge in [-0.3, -0.25) is 4.57 Å². The molecular formula is C12H8BrN3S. The zero-order valence-electron chi connectivity index (χ0n) is 8.75. The Kier molecular flexibility index (Phi) is 2.78. The van der Waals surface area contributed by atoms with E-state index in [1.165, 1.54) is 0 Å².